The Morgan fingerprint density at radius 1 is 1.09 bits per heavy atom. The van der Waals surface area contributed by atoms with Gasteiger partial charge in [-0.15, -0.1) is 0 Å². The van der Waals surface area contributed by atoms with E-state index in [4.69, 9.17) is 4.74 Å². The lowest BCUT2D eigenvalue weighted by atomic mass is 10.1. The second-order valence-corrected chi connectivity index (χ2v) is 10.8. The Hall–Kier alpha value is -3.08. The van der Waals surface area contributed by atoms with Crippen LogP contribution in [0.2, 0.25) is 0 Å². The lowest BCUT2D eigenvalue weighted by Crippen LogP contribution is -2.35. The van der Waals surface area contributed by atoms with E-state index in [1.165, 1.54) is 37.4 Å². The summed E-state index contributed by atoms with van der Waals surface area (Å²) < 4.78 is 66.8. The van der Waals surface area contributed by atoms with E-state index < -0.39 is 39.4 Å². The maximum Gasteiger partial charge on any atom is 0.416 e. The summed E-state index contributed by atoms with van der Waals surface area (Å²) in [6, 6.07) is 8.79. The van der Waals surface area contributed by atoms with E-state index in [2.05, 4.69) is 10.6 Å². The molecular formula is C23H23F3N2O5S. The first kappa shape index (κ1) is 24.1. The van der Waals surface area contributed by atoms with E-state index in [9.17, 15) is 31.2 Å². The predicted molar refractivity (Wildman–Crippen MR) is 118 cm³/mol. The lowest BCUT2D eigenvalue weighted by Gasteiger charge is -2.14. The van der Waals surface area contributed by atoms with Gasteiger partial charge in [0.25, 0.3) is 5.91 Å². The number of benzene rings is 2. The fourth-order valence-electron chi connectivity index (χ4n) is 4.12. The number of hydrogen-bond donors (Lipinski definition) is 2. The molecule has 1 heterocycles. The first-order valence-electron chi connectivity index (χ1n) is 10.6. The molecule has 2 aromatic carbocycles. The minimum atomic E-state index is -4.42. The number of anilines is 1. The maximum absolute atomic E-state index is 12.8. The Balaban J connectivity index is 1.42. The number of alkyl halides is 3. The number of carbonyl (C=O) groups is 2. The average Bonchev–Trinajstić information content (AvgIpc) is 3.51. The van der Waals surface area contributed by atoms with E-state index in [-0.39, 0.29) is 34.6 Å². The van der Waals surface area contributed by atoms with Crippen LogP contribution in [0.15, 0.2) is 42.5 Å². The molecule has 0 aromatic heterocycles. The number of rotatable bonds is 6. The van der Waals surface area contributed by atoms with Crippen LogP contribution in [0.5, 0.6) is 5.75 Å². The predicted octanol–water partition coefficient (Wildman–Crippen LogP) is 3.37. The van der Waals surface area contributed by atoms with Crippen LogP contribution in [0.3, 0.4) is 0 Å². The molecule has 0 bridgehead atoms. The zero-order valence-corrected chi connectivity index (χ0v) is 19.0. The number of methoxy groups -OCH3 is 1. The summed E-state index contributed by atoms with van der Waals surface area (Å²) in [6.45, 7) is 0. The van der Waals surface area contributed by atoms with Crippen molar-refractivity contribution in [2.45, 2.75) is 31.0 Å². The van der Waals surface area contributed by atoms with Crippen molar-refractivity contribution in [2.75, 3.05) is 23.9 Å². The minimum Gasteiger partial charge on any atom is -0.495 e. The summed E-state index contributed by atoms with van der Waals surface area (Å²) in [6.07, 6.45) is -3.57. The van der Waals surface area contributed by atoms with Crippen molar-refractivity contribution in [2.24, 2.45) is 5.92 Å². The highest BCUT2D eigenvalue weighted by molar-refractivity contribution is 7.91. The first-order chi connectivity index (χ1) is 16.0. The summed E-state index contributed by atoms with van der Waals surface area (Å²) in [4.78, 5) is 25.4. The van der Waals surface area contributed by atoms with Gasteiger partial charge in [-0.25, -0.2) is 8.42 Å². The normalized spacial score (nSPS) is 23.2. The number of carbonyl (C=O) groups excluding carboxylic acids is 2. The van der Waals surface area contributed by atoms with Gasteiger partial charge in [0.05, 0.1) is 29.9 Å². The molecule has 1 saturated carbocycles. The maximum atomic E-state index is 12.8. The van der Waals surface area contributed by atoms with Gasteiger partial charge >= 0.3 is 6.18 Å². The van der Waals surface area contributed by atoms with Crippen molar-refractivity contribution in [3.63, 3.8) is 0 Å². The molecule has 2 aromatic rings. The van der Waals surface area contributed by atoms with Crippen LogP contribution < -0.4 is 15.4 Å². The van der Waals surface area contributed by atoms with Gasteiger partial charge in [-0.3, -0.25) is 9.59 Å². The molecule has 2 N–H and O–H groups in total. The summed E-state index contributed by atoms with van der Waals surface area (Å²) in [5, 5.41) is 5.44. The van der Waals surface area contributed by atoms with Crippen LogP contribution in [-0.4, -0.2) is 44.9 Å². The second kappa shape index (κ2) is 8.94. The highest BCUT2D eigenvalue weighted by Crippen LogP contribution is 2.48. The van der Waals surface area contributed by atoms with Gasteiger partial charge in [0, 0.05) is 17.5 Å². The van der Waals surface area contributed by atoms with Crippen molar-refractivity contribution in [1.29, 1.82) is 0 Å². The van der Waals surface area contributed by atoms with Gasteiger partial charge in [0.2, 0.25) is 5.91 Å². The third kappa shape index (κ3) is 5.35. The zero-order chi connectivity index (χ0) is 24.7. The number of amides is 2. The van der Waals surface area contributed by atoms with Gasteiger partial charge < -0.3 is 15.4 Å². The Bertz CT molecular complexity index is 1210. The lowest BCUT2D eigenvalue weighted by molar-refractivity contribution is -0.137. The van der Waals surface area contributed by atoms with Crippen LogP contribution in [0, 0.1) is 5.92 Å². The molecule has 11 heteroatoms. The fourth-order valence-corrected chi connectivity index (χ4v) is 5.80. The smallest absolute Gasteiger partial charge is 0.416 e. The molecule has 7 nitrogen and oxygen atoms in total. The monoisotopic (exact) mass is 496 g/mol. The van der Waals surface area contributed by atoms with E-state index in [1.54, 1.807) is 0 Å². The van der Waals surface area contributed by atoms with E-state index in [0.717, 1.165) is 12.1 Å². The minimum absolute atomic E-state index is 0.0311. The number of sulfone groups is 1. The van der Waals surface area contributed by atoms with Gasteiger partial charge in [-0.05, 0) is 54.7 Å². The van der Waals surface area contributed by atoms with Crippen molar-refractivity contribution in [3.05, 3.63) is 59.2 Å². The van der Waals surface area contributed by atoms with Gasteiger partial charge in [0.15, 0.2) is 9.84 Å². The average molecular weight is 497 g/mol. The second-order valence-electron chi connectivity index (χ2n) is 8.55. The molecule has 4 rings (SSSR count). The molecule has 3 atom stereocenters. The summed E-state index contributed by atoms with van der Waals surface area (Å²) in [7, 11) is -1.73. The number of ether oxygens (including phenoxy) is 1. The van der Waals surface area contributed by atoms with Crippen LogP contribution in [-0.2, 0) is 20.8 Å². The van der Waals surface area contributed by atoms with Crippen molar-refractivity contribution in [3.8, 4) is 5.75 Å². The third-order valence-electron chi connectivity index (χ3n) is 6.08. The summed E-state index contributed by atoms with van der Waals surface area (Å²) in [5.74, 6) is -1.14. The topological polar surface area (TPSA) is 102 Å². The van der Waals surface area contributed by atoms with E-state index in [1.807, 2.05) is 0 Å². The quantitative estimate of drug-likeness (QED) is 0.639. The van der Waals surface area contributed by atoms with Crippen LogP contribution >= 0.6 is 0 Å². The molecule has 2 amide bonds. The number of hydrogen-bond acceptors (Lipinski definition) is 5. The molecule has 3 unspecified atom stereocenters. The zero-order valence-electron chi connectivity index (χ0n) is 18.2. The molecule has 1 aliphatic carbocycles. The van der Waals surface area contributed by atoms with Crippen LogP contribution in [0.1, 0.15) is 40.2 Å². The highest BCUT2D eigenvalue weighted by atomic mass is 32.2. The van der Waals surface area contributed by atoms with Crippen molar-refractivity contribution >= 4 is 27.3 Å². The fraction of sp³-hybridized carbons (Fsp3) is 0.391. The molecule has 0 spiro atoms. The van der Waals surface area contributed by atoms with Crippen molar-refractivity contribution < 1.29 is 35.9 Å². The Morgan fingerprint density at radius 2 is 1.79 bits per heavy atom. The molecule has 2 aliphatic rings. The van der Waals surface area contributed by atoms with Crippen LogP contribution in [0.25, 0.3) is 0 Å². The molecular weight excluding hydrogens is 473 g/mol. The third-order valence-corrected chi connectivity index (χ3v) is 7.85. The Labute approximate surface area is 194 Å². The highest BCUT2D eigenvalue weighted by Gasteiger charge is 2.44. The molecule has 182 valence electrons. The van der Waals surface area contributed by atoms with E-state index in [0.29, 0.717) is 24.2 Å². The number of halogens is 3. The van der Waals surface area contributed by atoms with Gasteiger partial charge in [-0.1, -0.05) is 12.1 Å². The molecule has 34 heavy (non-hydrogen) atoms. The molecule has 0 radical (unpaired) electrons. The molecule has 1 saturated heterocycles. The first-order valence-corrected chi connectivity index (χ1v) is 12.5. The van der Waals surface area contributed by atoms with Crippen LogP contribution in [0.4, 0.5) is 18.9 Å². The SMILES string of the molecule is COc1ccc(C(=O)NC2CCS(=O)(=O)C2)cc1NC(=O)C1CC1c1ccc(C(F)(F)F)cc1. The largest absolute Gasteiger partial charge is 0.495 e. The molecule has 2 fully saturated rings. The summed E-state index contributed by atoms with van der Waals surface area (Å²) >= 11 is 0. The Morgan fingerprint density at radius 3 is 2.38 bits per heavy atom. The number of nitrogens with one attached hydrogen (secondary N) is 2. The van der Waals surface area contributed by atoms with Gasteiger partial charge in [-0.2, -0.15) is 13.2 Å². The van der Waals surface area contributed by atoms with Gasteiger partial charge in [0.1, 0.15) is 5.75 Å². The molecule has 1 aliphatic heterocycles. The van der Waals surface area contributed by atoms with E-state index >= 15 is 0 Å². The Kier molecular flexibility index (Phi) is 6.32. The summed E-state index contributed by atoms with van der Waals surface area (Å²) in [5.41, 5.74) is 0.417. The van der Waals surface area contributed by atoms with Crippen molar-refractivity contribution in [1.82, 2.24) is 5.32 Å². The standard InChI is InChI=1S/C23H23F3N2O5S/c1-33-20-7-4-14(21(29)27-16-8-9-34(31,32)12-16)10-19(20)28-22(30)18-11-17(18)13-2-5-15(6-3-13)23(24,25)26/h2-7,10,16-18H,8-9,11-12H2,1H3,(H,27,29)(H,28,30).